The predicted octanol–water partition coefficient (Wildman–Crippen LogP) is 2.93. The summed E-state index contributed by atoms with van der Waals surface area (Å²) < 4.78 is 10.8. The molecule has 0 aliphatic carbocycles. The number of thiocarbonyl (C=S) groups is 1. The van der Waals surface area contributed by atoms with Crippen molar-refractivity contribution in [1.82, 2.24) is 10.6 Å². The molecule has 1 saturated heterocycles. The number of carbonyl (C=O) groups excluding carboxylic acids is 3. The summed E-state index contributed by atoms with van der Waals surface area (Å²) in [5, 5.41) is 7.75. The third-order valence-electron chi connectivity index (χ3n) is 4.00. The summed E-state index contributed by atoms with van der Waals surface area (Å²) in [6, 6.07) is 9.74. The van der Waals surface area contributed by atoms with E-state index in [9.17, 15) is 14.4 Å². The third kappa shape index (κ3) is 5.52. The van der Waals surface area contributed by atoms with E-state index in [-0.39, 0.29) is 33.8 Å². The first-order valence-corrected chi connectivity index (χ1v) is 9.88. The topological polar surface area (TPSA) is 106 Å². The van der Waals surface area contributed by atoms with Gasteiger partial charge in [0.05, 0.1) is 22.8 Å². The van der Waals surface area contributed by atoms with Gasteiger partial charge in [0.15, 0.2) is 23.2 Å². The van der Waals surface area contributed by atoms with E-state index in [1.54, 1.807) is 24.3 Å². The number of halogens is 2. The number of amides is 3. The second-order valence-corrected chi connectivity index (χ2v) is 7.37. The van der Waals surface area contributed by atoms with Crippen molar-refractivity contribution >= 4 is 70.0 Å². The highest BCUT2D eigenvalue weighted by Gasteiger charge is 2.26. The van der Waals surface area contributed by atoms with Gasteiger partial charge in [0.1, 0.15) is 5.57 Å². The number of anilines is 1. The van der Waals surface area contributed by atoms with Gasteiger partial charge in [-0.2, -0.15) is 0 Å². The van der Waals surface area contributed by atoms with Crippen molar-refractivity contribution in [2.24, 2.45) is 0 Å². The molecule has 31 heavy (non-hydrogen) atoms. The van der Waals surface area contributed by atoms with Crippen LogP contribution in [0.1, 0.15) is 5.56 Å². The van der Waals surface area contributed by atoms with Crippen LogP contribution in [0.5, 0.6) is 11.5 Å². The molecule has 3 amide bonds. The van der Waals surface area contributed by atoms with Gasteiger partial charge in [0, 0.05) is 0 Å². The number of hydrogen-bond donors (Lipinski definition) is 3. The Labute approximate surface area is 192 Å². The van der Waals surface area contributed by atoms with E-state index >= 15 is 0 Å². The monoisotopic (exact) mass is 479 g/mol. The van der Waals surface area contributed by atoms with Gasteiger partial charge in [0.25, 0.3) is 17.7 Å². The Bertz CT molecular complexity index is 1100. The number of rotatable bonds is 6. The molecule has 0 bridgehead atoms. The predicted molar refractivity (Wildman–Crippen MR) is 120 cm³/mol. The molecular weight excluding hydrogens is 465 g/mol. The summed E-state index contributed by atoms with van der Waals surface area (Å²) in [7, 11) is 1.39. The van der Waals surface area contributed by atoms with Crippen LogP contribution in [0.25, 0.3) is 6.08 Å². The van der Waals surface area contributed by atoms with Gasteiger partial charge < -0.3 is 14.8 Å². The number of benzene rings is 2. The molecule has 1 aliphatic heterocycles. The number of carbonyl (C=O) groups is 3. The summed E-state index contributed by atoms with van der Waals surface area (Å²) in [6.45, 7) is -0.357. The van der Waals surface area contributed by atoms with Gasteiger partial charge in [-0.25, -0.2) is 0 Å². The fourth-order valence-electron chi connectivity index (χ4n) is 2.62. The summed E-state index contributed by atoms with van der Waals surface area (Å²) >= 11 is 17.1. The van der Waals surface area contributed by atoms with Crippen LogP contribution in [0, 0.1) is 0 Å². The van der Waals surface area contributed by atoms with Crippen LogP contribution < -0.4 is 25.4 Å². The standard InChI is InChI=1S/C20H15Cl2N3O5S/c1-29-15-8-10(6-11-18(27)24-20(31)25-19(11)28)7-13(22)17(15)30-9-16(26)23-14-5-3-2-4-12(14)21/h2-8H,9H2,1H3,(H,23,26)(H2,24,25,27,28,31). The van der Waals surface area contributed by atoms with Gasteiger partial charge in [0.2, 0.25) is 0 Å². The zero-order valence-electron chi connectivity index (χ0n) is 16.0. The number of para-hydroxylation sites is 1. The van der Waals surface area contributed by atoms with Crippen LogP contribution in [0.3, 0.4) is 0 Å². The first-order chi connectivity index (χ1) is 14.8. The van der Waals surface area contributed by atoms with Crippen molar-refractivity contribution in [2.45, 2.75) is 0 Å². The molecule has 3 rings (SSSR count). The Hall–Kier alpha value is -3.14. The Morgan fingerprint density at radius 1 is 1.13 bits per heavy atom. The highest BCUT2D eigenvalue weighted by molar-refractivity contribution is 7.80. The number of ether oxygens (including phenoxy) is 2. The average molecular weight is 480 g/mol. The first kappa shape index (κ1) is 22.5. The van der Waals surface area contributed by atoms with Gasteiger partial charge >= 0.3 is 0 Å². The average Bonchev–Trinajstić information content (AvgIpc) is 2.71. The van der Waals surface area contributed by atoms with Gasteiger partial charge in [-0.15, -0.1) is 0 Å². The lowest BCUT2D eigenvalue weighted by molar-refractivity contribution is -0.123. The van der Waals surface area contributed by atoms with Crippen LogP contribution in [0.2, 0.25) is 10.0 Å². The number of hydrogen-bond acceptors (Lipinski definition) is 6. The molecule has 1 fully saturated rings. The second-order valence-electron chi connectivity index (χ2n) is 6.15. The molecule has 11 heteroatoms. The van der Waals surface area contributed by atoms with Crippen LogP contribution in [0.15, 0.2) is 42.0 Å². The molecule has 2 aromatic carbocycles. The number of methoxy groups -OCH3 is 1. The zero-order valence-corrected chi connectivity index (χ0v) is 18.3. The molecule has 3 N–H and O–H groups in total. The zero-order chi connectivity index (χ0) is 22.5. The molecule has 8 nitrogen and oxygen atoms in total. The lowest BCUT2D eigenvalue weighted by Crippen LogP contribution is -2.51. The summed E-state index contributed by atoms with van der Waals surface area (Å²) in [5.74, 6) is -1.40. The largest absolute Gasteiger partial charge is 0.493 e. The fraction of sp³-hybridized carbons (Fsp3) is 0.100. The lowest BCUT2D eigenvalue weighted by atomic mass is 10.1. The lowest BCUT2D eigenvalue weighted by Gasteiger charge is -2.17. The minimum atomic E-state index is -0.639. The maximum Gasteiger partial charge on any atom is 0.263 e. The molecule has 0 radical (unpaired) electrons. The highest BCUT2D eigenvalue weighted by atomic mass is 35.5. The van der Waals surface area contributed by atoms with Crippen molar-refractivity contribution < 1.29 is 23.9 Å². The van der Waals surface area contributed by atoms with E-state index in [0.29, 0.717) is 16.3 Å². The maximum atomic E-state index is 12.2. The Morgan fingerprint density at radius 2 is 1.81 bits per heavy atom. The smallest absolute Gasteiger partial charge is 0.263 e. The molecule has 0 saturated carbocycles. The van der Waals surface area contributed by atoms with E-state index in [0.717, 1.165) is 0 Å². The number of nitrogens with one attached hydrogen (secondary N) is 3. The minimum absolute atomic E-state index is 0.0680. The molecule has 1 aliphatic rings. The SMILES string of the molecule is COc1cc(C=C2C(=O)NC(=S)NC2=O)cc(Cl)c1OCC(=O)Nc1ccccc1Cl. The van der Waals surface area contributed by atoms with Crippen molar-refractivity contribution in [3.05, 3.63) is 57.6 Å². The molecule has 0 atom stereocenters. The van der Waals surface area contributed by atoms with Crippen LogP contribution in [-0.2, 0) is 14.4 Å². The first-order valence-electron chi connectivity index (χ1n) is 8.71. The molecule has 160 valence electrons. The van der Waals surface area contributed by atoms with Crippen molar-refractivity contribution in [3.8, 4) is 11.5 Å². The van der Waals surface area contributed by atoms with Crippen molar-refractivity contribution in [1.29, 1.82) is 0 Å². The molecule has 0 unspecified atom stereocenters. The summed E-state index contributed by atoms with van der Waals surface area (Å²) in [5.41, 5.74) is 0.698. The molecule has 2 aromatic rings. The Balaban J connectivity index is 1.77. The summed E-state index contributed by atoms with van der Waals surface area (Å²) in [4.78, 5) is 36.2. The maximum absolute atomic E-state index is 12.2. The minimum Gasteiger partial charge on any atom is -0.493 e. The van der Waals surface area contributed by atoms with Gasteiger partial charge in [-0.3, -0.25) is 25.0 Å². The van der Waals surface area contributed by atoms with E-state index in [2.05, 4.69) is 16.0 Å². The summed E-state index contributed by atoms with van der Waals surface area (Å²) in [6.07, 6.45) is 1.33. The third-order valence-corrected chi connectivity index (χ3v) is 4.82. The van der Waals surface area contributed by atoms with E-state index < -0.39 is 17.7 Å². The van der Waals surface area contributed by atoms with E-state index in [1.165, 1.54) is 25.3 Å². The molecule has 0 aromatic heterocycles. The Kier molecular flexibility index (Phi) is 7.11. The molecule has 1 heterocycles. The van der Waals surface area contributed by atoms with Crippen LogP contribution in [0.4, 0.5) is 5.69 Å². The fourth-order valence-corrected chi connectivity index (χ4v) is 3.26. The van der Waals surface area contributed by atoms with E-state index in [1.807, 2.05) is 0 Å². The van der Waals surface area contributed by atoms with Crippen molar-refractivity contribution in [3.63, 3.8) is 0 Å². The Morgan fingerprint density at radius 3 is 2.45 bits per heavy atom. The van der Waals surface area contributed by atoms with Crippen molar-refractivity contribution in [2.75, 3.05) is 19.0 Å². The normalized spacial score (nSPS) is 13.3. The molecular formula is C20H15Cl2N3O5S. The second kappa shape index (κ2) is 9.78. The van der Waals surface area contributed by atoms with Gasteiger partial charge in [-0.1, -0.05) is 35.3 Å². The van der Waals surface area contributed by atoms with Gasteiger partial charge in [-0.05, 0) is 48.1 Å². The van der Waals surface area contributed by atoms with Crippen LogP contribution in [-0.4, -0.2) is 36.6 Å². The quantitative estimate of drug-likeness (QED) is 0.334. The highest BCUT2D eigenvalue weighted by Crippen LogP contribution is 2.37. The molecule has 0 spiro atoms. The van der Waals surface area contributed by atoms with Crippen LogP contribution >= 0.6 is 35.4 Å². The van der Waals surface area contributed by atoms with E-state index in [4.69, 9.17) is 44.9 Å².